The summed E-state index contributed by atoms with van der Waals surface area (Å²) in [6, 6.07) is 0. The minimum Gasteiger partial charge on any atom is -0.287 e. The van der Waals surface area contributed by atoms with Crippen LogP contribution in [0.5, 0.6) is 0 Å². The Bertz CT molecular complexity index is 741. The Hall–Kier alpha value is -0.240. The molecule has 3 saturated carbocycles. The molecule has 3 fully saturated rings. The van der Waals surface area contributed by atoms with E-state index in [0.717, 1.165) is 36.5 Å². The third kappa shape index (κ3) is 5.93. The summed E-state index contributed by atoms with van der Waals surface area (Å²) in [5.41, 5.74) is 2.77. The topological polar surface area (TPSA) is 17.1 Å². The lowest BCUT2D eigenvalue weighted by molar-refractivity contribution is -0.111. The first-order chi connectivity index (χ1) is 16.8. The standard InChI is InChI=1S/C33H56OS/c1-6-8-9-10-11-12-13-25-15-17-29-28-16-14-26-23-27(35-31(34)22-24(3)7-2)18-20-33(26,5)30(28)19-21-32(25,29)4/h14,24-25,27-30H,6-13,15-23H2,1-5H3/t24-,25+,27-,28-,29+,30-,32+,33-/m0/s1. The third-order valence-corrected chi connectivity index (χ3v) is 12.8. The largest absolute Gasteiger partial charge is 0.287 e. The molecular formula is C33H56OS. The van der Waals surface area contributed by atoms with Crippen LogP contribution in [0.3, 0.4) is 0 Å². The van der Waals surface area contributed by atoms with Crippen molar-refractivity contribution in [3.8, 4) is 0 Å². The second-order valence-corrected chi connectivity index (χ2v) is 15.1. The normalized spacial score (nSPS) is 39.3. The van der Waals surface area contributed by atoms with E-state index in [2.05, 4.69) is 40.7 Å². The van der Waals surface area contributed by atoms with Gasteiger partial charge in [-0.15, -0.1) is 0 Å². The van der Waals surface area contributed by atoms with Crippen LogP contribution in [0.15, 0.2) is 11.6 Å². The zero-order valence-electron chi connectivity index (χ0n) is 23.9. The number of hydrogen-bond acceptors (Lipinski definition) is 2. The van der Waals surface area contributed by atoms with Gasteiger partial charge in [0.2, 0.25) is 0 Å². The highest BCUT2D eigenvalue weighted by Crippen LogP contribution is 2.67. The van der Waals surface area contributed by atoms with E-state index >= 15 is 0 Å². The molecule has 8 atom stereocenters. The molecule has 0 unspecified atom stereocenters. The number of rotatable bonds is 11. The van der Waals surface area contributed by atoms with Gasteiger partial charge in [-0.05, 0) is 98.2 Å². The molecule has 0 radical (unpaired) electrons. The van der Waals surface area contributed by atoms with Crippen molar-refractivity contribution in [1.82, 2.24) is 0 Å². The first-order valence-corrected chi connectivity index (χ1v) is 16.6. The lowest BCUT2D eigenvalue weighted by atomic mass is 9.47. The van der Waals surface area contributed by atoms with Gasteiger partial charge in [0.1, 0.15) is 0 Å². The smallest absolute Gasteiger partial charge is 0.189 e. The van der Waals surface area contributed by atoms with Gasteiger partial charge in [-0.25, -0.2) is 0 Å². The number of unbranched alkanes of at least 4 members (excludes halogenated alkanes) is 5. The van der Waals surface area contributed by atoms with E-state index in [0.29, 0.717) is 27.1 Å². The predicted octanol–water partition coefficient (Wildman–Crippen LogP) is 10.4. The average Bonchev–Trinajstić information content (AvgIpc) is 3.17. The zero-order valence-corrected chi connectivity index (χ0v) is 24.7. The predicted molar refractivity (Wildman–Crippen MR) is 154 cm³/mol. The number of thioether (sulfide) groups is 1. The summed E-state index contributed by atoms with van der Waals surface area (Å²) in [5, 5.41) is 0.975. The van der Waals surface area contributed by atoms with Crippen LogP contribution in [-0.4, -0.2) is 10.4 Å². The third-order valence-electron chi connectivity index (χ3n) is 11.7. The molecule has 0 bridgehead atoms. The lowest BCUT2D eigenvalue weighted by Crippen LogP contribution is -2.50. The fourth-order valence-electron chi connectivity index (χ4n) is 9.15. The zero-order chi connectivity index (χ0) is 25.1. The molecule has 0 aromatic carbocycles. The number of hydrogen-bond donors (Lipinski definition) is 0. The fourth-order valence-corrected chi connectivity index (χ4v) is 10.4. The highest BCUT2D eigenvalue weighted by molar-refractivity contribution is 8.14. The van der Waals surface area contributed by atoms with E-state index in [4.69, 9.17) is 0 Å². The van der Waals surface area contributed by atoms with Crippen molar-refractivity contribution >= 4 is 16.9 Å². The van der Waals surface area contributed by atoms with E-state index in [1.165, 1.54) is 96.3 Å². The van der Waals surface area contributed by atoms with E-state index < -0.39 is 0 Å². The molecule has 4 aliphatic carbocycles. The van der Waals surface area contributed by atoms with Crippen LogP contribution in [0, 0.1) is 40.4 Å². The Morgan fingerprint density at radius 3 is 2.54 bits per heavy atom. The van der Waals surface area contributed by atoms with Crippen LogP contribution >= 0.6 is 11.8 Å². The molecule has 4 aliphatic rings. The van der Waals surface area contributed by atoms with Gasteiger partial charge in [-0.3, -0.25) is 4.79 Å². The van der Waals surface area contributed by atoms with Crippen LogP contribution in [0.1, 0.15) is 144 Å². The second-order valence-electron chi connectivity index (χ2n) is 13.7. The van der Waals surface area contributed by atoms with Gasteiger partial charge in [-0.2, -0.15) is 0 Å². The van der Waals surface area contributed by atoms with Crippen LogP contribution in [0.4, 0.5) is 0 Å². The molecule has 0 aromatic rings. The molecule has 1 nitrogen and oxygen atoms in total. The number of carbonyl (C=O) groups excluding carboxylic acids is 1. The molecule has 200 valence electrons. The molecule has 35 heavy (non-hydrogen) atoms. The van der Waals surface area contributed by atoms with Crippen molar-refractivity contribution in [3.63, 3.8) is 0 Å². The molecule has 0 heterocycles. The Balaban J connectivity index is 1.35. The van der Waals surface area contributed by atoms with E-state index in [9.17, 15) is 4.79 Å². The summed E-state index contributed by atoms with van der Waals surface area (Å²) in [7, 11) is 0. The Labute approximate surface area is 222 Å². The molecule has 0 aromatic heterocycles. The second kappa shape index (κ2) is 12.1. The van der Waals surface area contributed by atoms with Crippen molar-refractivity contribution in [1.29, 1.82) is 0 Å². The van der Waals surface area contributed by atoms with Crippen molar-refractivity contribution in [2.24, 2.45) is 40.4 Å². The maximum Gasteiger partial charge on any atom is 0.189 e. The van der Waals surface area contributed by atoms with Crippen LogP contribution in [-0.2, 0) is 4.79 Å². The SMILES string of the molecule is CCCCCCCC[C@@H]1CC[C@@H]2[C@@H]3CC=C4C[C@@H](SC(=O)C[C@@H](C)CC)CC[C@]4(C)[C@H]3CC[C@]12C. The van der Waals surface area contributed by atoms with E-state index in [-0.39, 0.29) is 0 Å². The maximum atomic E-state index is 12.6. The Morgan fingerprint density at radius 2 is 1.77 bits per heavy atom. The first-order valence-electron chi connectivity index (χ1n) is 15.7. The quantitative estimate of drug-likeness (QED) is 0.207. The van der Waals surface area contributed by atoms with Crippen LogP contribution in [0.25, 0.3) is 0 Å². The summed E-state index contributed by atoms with van der Waals surface area (Å²) in [6.45, 7) is 12.1. The molecular weight excluding hydrogens is 444 g/mol. The van der Waals surface area contributed by atoms with Gasteiger partial charge >= 0.3 is 0 Å². The van der Waals surface area contributed by atoms with Crippen LogP contribution in [0.2, 0.25) is 0 Å². The molecule has 0 spiro atoms. The molecule has 2 heteroatoms. The number of allylic oxidation sites excluding steroid dienone is 2. The number of fused-ring (bicyclic) bond motifs is 5. The summed E-state index contributed by atoms with van der Waals surface area (Å²) in [6.07, 6.45) is 25.7. The Morgan fingerprint density at radius 1 is 1.00 bits per heavy atom. The summed E-state index contributed by atoms with van der Waals surface area (Å²) in [4.78, 5) is 12.6. The Kier molecular flexibility index (Phi) is 9.59. The van der Waals surface area contributed by atoms with Crippen molar-refractivity contribution in [2.45, 2.75) is 149 Å². The highest BCUT2D eigenvalue weighted by Gasteiger charge is 2.58. The monoisotopic (exact) mass is 500 g/mol. The van der Waals surface area contributed by atoms with Gasteiger partial charge in [0.05, 0.1) is 0 Å². The molecule has 4 rings (SSSR count). The van der Waals surface area contributed by atoms with E-state index in [1.807, 2.05) is 0 Å². The summed E-state index contributed by atoms with van der Waals surface area (Å²) < 4.78 is 0. The van der Waals surface area contributed by atoms with Gasteiger partial charge < -0.3 is 0 Å². The summed E-state index contributed by atoms with van der Waals surface area (Å²) >= 11 is 1.70. The molecule has 0 amide bonds. The van der Waals surface area contributed by atoms with Gasteiger partial charge in [0.25, 0.3) is 0 Å². The summed E-state index contributed by atoms with van der Waals surface area (Å²) in [5.74, 6) is 4.31. The minimum atomic E-state index is 0.415. The molecule has 0 N–H and O–H groups in total. The van der Waals surface area contributed by atoms with Crippen LogP contribution < -0.4 is 0 Å². The van der Waals surface area contributed by atoms with Gasteiger partial charge in [0, 0.05) is 11.7 Å². The van der Waals surface area contributed by atoms with Gasteiger partial charge in [-0.1, -0.05) is 103 Å². The average molecular weight is 501 g/mol. The number of carbonyl (C=O) groups is 1. The fraction of sp³-hybridized carbons (Fsp3) is 0.909. The molecule has 0 saturated heterocycles. The van der Waals surface area contributed by atoms with Gasteiger partial charge in [0.15, 0.2) is 5.12 Å². The van der Waals surface area contributed by atoms with Crippen molar-refractivity contribution in [2.75, 3.05) is 0 Å². The maximum absolute atomic E-state index is 12.6. The van der Waals surface area contributed by atoms with Crippen molar-refractivity contribution < 1.29 is 4.79 Å². The van der Waals surface area contributed by atoms with Crippen molar-refractivity contribution in [3.05, 3.63) is 11.6 Å². The minimum absolute atomic E-state index is 0.415. The lowest BCUT2D eigenvalue weighted by Gasteiger charge is -2.58. The van der Waals surface area contributed by atoms with E-state index in [1.54, 1.807) is 17.3 Å². The first kappa shape index (κ1) is 27.8. The highest BCUT2D eigenvalue weighted by atomic mass is 32.2. The molecule has 0 aliphatic heterocycles.